The fourth-order valence-electron chi connectivity index (χ4n) is 3.17. The average molecular weight is 495 g/mol. The summed E-state index contributed by atoms with van der Waals surface area (Å²) in [5, 5.41) is 3.37. The summed E-state index contributed by atoms with van der Waals surface area (Å²) in [6, 6.07) is 21.7. The molecule has 0 bridgehead atoms. The highest BCUT2D eigenvalue weighted by molar-refractivity contribution is 8.27. The van der Waals surface area contributed by atoms with Crippen LogP contribution in [0.15, 0.2) is 77.7 Å². The van der Waals surface area contributed by atoms with Crippen LogP contribution in [-0.4, -0.2) is 22.7 Å². The summed E-state index contributed by atoms with van der Waals surface area (Å²) in [7, 11) is 0. The number of benzene rings is 3. The van der Waals surface area contributed by atoms with Gasteiger partial charge in [0.05, 0.1) is 10.6 Å². The number of amides is 2. The Hall–Kier alpha value is -3.13. The number of carbonyl (C=O) groups excluding carboxylic acids is 2. The van der Waals surface area contributed by atoms with Crippen LogP contribution in [-0.2, 0) is 9.59 Å². The van der Waals surface area contributed by atoms with Gasteiger partial charge in [-0.3, -0.25) is 14.5 Å². The first-order chi connectivity index (χ1) is 15.9. The van der Waals surface area contributed by atoms with E-state index in [2.05, 4.69) is 5.32 Å². The van der Waals surface area contributed by atoms with Crippen LogP contribution in [0, 0.1) is 6.92 Å². The monoisotopic (exact) mass is 494 g/mol. The minimum atomic E-state index is -0.238. The molecule has 1 N–H and O–H groups in total. The Labute approximate surface area is 206 Å². The molecule has 5 nitrogen and oxygen atoms in total. The minimum absolute atomic E-state index is 0.105. The molecule has 1 saturated heterocycles. The van der Waals surface area contributed by atoms with Crippen LogP contribution < -0.4 is 15.0 Å². The average Bonchev–Trinajstić information content (AvgIpc) is 3.07. The third kappa shape index (κ3) is 5.63. The number of anilines is 2. The maximum absolute atomic E-state index is 12.9. The van der Waals surface area contributed by atoms with Gasteiger partial charge in [0.2, 0.25) is 0 Å². The Morgan fingerprint density at radius 1 is 1.12 bits per heavy atom. The molecule has 33 heavy (non-hydrogen) atoms. The van der Waals surface area contributed by atoms with Gasteiger partial charge in [-0.25, -0.2) is 0 Å². The Balaban J connectivity index is 1.38. The molecular formula is C25H19ClN2O3S2. The summed E-state index contributed by atoms with van der Waals surface area (Å²) in [4.78, 5) is 27.0. The third-order valence-corrected chi connectivity index (χ3v) is 6.36. The van der Waals surface area contributed by atoms with Gasteiger partial charge >= 0.3 is 0 Å². The van der Waals surface area contributed by atoms with Gasteiger partial charge in [-0.15, -0.1) is 0 Å². The van der Waals surface area contributed by atoms with Gasteiger partial charge in [-0.1, -0.05) is 72.0 Å². The Bertz CT molecular complexity index is 1260. The quantitative estimate of drug-likeness (QED) is 0.333. The fraction of sp³-hybridized carbons (Fsp3) is 0.0800. The van der Waals surface area contributed by atoms with Crippen LogP contribution >= 0.6 is 35.6 Å². The van der Waals surface area contributed by atoms with Crippen molar-refractivity contribution >= 4 is 69.2 Å². The molecular weight excluding hydrogens is 476 g/mol. The smallest absolute Gasteiger partial charge is 0.270 e. The number of rotatable bonds is 6. The van der Waals surface area contributed by atoms with Crippen LogP contribution in [0.2, 0.25) is 5.02 Å². The Morgan fingerprint density at radius 3 is 2.61 bits per heavy atom. The molecule has 0 aliphatic carbocycles. The van der Waals surface area contributed by atoms with E-state index < -0.39 is 0 Å². The van der Waals surface area contributed by atoms with Gasteiger partial charge in [-0.2, -0.15) is 0 Å². The molecule has 0 saturated carbocycles. The van der Waals surface area contributed by atoms with Crippen LogP contribution in [0.5, 0.6) is 5.75 Å². The van der Waals surface area contributed by atoms with E-state index >= 15 is 0 Å². The zero-order valence-corrected chi connectivity index (χ0v) is 20.0. The van der Waals surface area contributed by atoms with Gasteiger partial charge < -0.3 is 10.1 Å². The second-order valence-electron chi connectivity index (χ2n) is 7.22. The van der Waals surface area contributed by atoms with Crippen LogP contribution in [0.25, 0.3) is 6.08 Å². The number of thiocarbonyl (C=S) groups is 1. The van der Waals surface area contributed by atoms with Gasteiger partial charge in [0.25, 0.3) is 11.8 Å². The summed E-state index contributed by atoms with van der Waals surface area (Å²) in [6.07, 6.45) is 1.78. The molecule has 0 spiro atoms. The summed E-state index contributed by atoms with van der Waals surface area (Å²) in [5.41, 5.74) is 3.20. The number of halogens is 1. The molecule has 0 atom stereocenters. The van der Waals surface area contributed by atoms with Gasteiger partial charge in [-0.05, 0) is 60.5 Å². The number of thioether (sulfide) groups is 1. The number of nitrogens with one attached hydrogen (secondary N) is 1. The molecule has 1 aliphatic rings. The van der Waals surface area contributed by atoms with E-state index in [-0.39, 0.29) is 18.4 Å². The largest absolute Gasteiger partial charge is 0.484 e. The van der Waals surface area contributed by atoms with Crippen molar-refractivity contribution in [2.45, 2.75) is 6.92 Å². The first-order valence-corrected chi connectivity index (χ1v) is 11.6. The molecule has 0 aromatic heterocycles. The lowest BCUT2D eigenvalue weighted by atomic mass is 10.2. The predicted octanol–water partition coefficient (Wildman–Crippen LogP) is 6.07. The molecule has 0 radical (unpaired) electrons. The molecule has 1 fully saturated rings. The fourth-order valence-corrected chi connectivity index (χ4v) is 4.65. The first kappa shape index (κ1) is 23.0. The lowest BCUT2D eigenvalue weighted by molar-refractivity contribution is -0.118. The first-order valence-electron chi connectivity index (χ1n) is 10.0. The molecule has 3 aromatic rings. The number of nitrogens with zero attached hydrogens (tertiary/aromatic N) is 1. The van der Waals surface area contributed by atoms with E-state index in [1.807, 2.05) is 43.3 Å². The number of ether oxygens (including phenoxy) is 1. The van der Waals surface area contributed by atoms with Crippen LogP contribution in [0.3, 0.4) is 0 Å². The van der Waals surface area contributed by atoms with Crippen molar-refractivity contribution < 1.29 is 14.3 Å². The molecule has 1 heterocycles. The van der Waals surface area contributed by atoms with Crippen molar-refractivity contribution in [2.75, 3.05) is 16.8 Å². The van der Waals surface area contributed by atoms with Crippen LogP contribution in [0.4, 0.5) is 11.4 Å². The van der Waals surface area contributed by atoms with Gasteiger partial charge in [0.1, 0.15) is 5.75 Å². The molecule has 8 heteroatoms. The molecule has 166 valence electrons. The normalized spacial score (nSPS) is 14.6. The number of para-hydroxylation sites is 1. The van der Waals surface area contributed by atoms with Gasteiger partial charge in [0.15, 0.2) is 10.9 Å². The SMILES string of the molecule is Cc1ccccc1NC(=O)COc1ccc(/C=C2/SC(=S)N(c3cccc(Cl)c3)C2=O)cc1. The summed E-state index contributed by atoms with van der Waals surface area (Å²) >= 11 is 12.7. The number of carbonyl (C=O) groups is 2. The molecule has 2 amide bonds. The number of aryl methyl sites for hydroxylation is 1. The molecule has 4 rings (SSSR count). The highest BCUT2D eigenvalue weighted by Gasteiger charge is 2.33. The highest BCUT2D eigenvalue weighted by atomic mass is 35.5. The lowest BCUT2D eigenvalue weighted by Crippen LogP contribution is -2.27. The zero-order chi connectivity index (χ0) is 23.4. The summed E-state index contributed by atoms with van der Waals surface area (Å²) in [5.74, 6) is 0.122. The Morgan fingerprint density at radius 2 is 1.88 bits per heavy atom. The van der Waals surface area contributed by atoms with Crippen LogP contribution in [0.1, 0.15) is 11.1 Å². The van der Waals surface area contributed by atoms with E-state index in [1.165, 1.54) is 16.7 Å². The Kier molecular flexibility index (Phi) is 7.13. The maximum atomic E-state index is 12.9. The van der Waals surface area contributed by atoms with Crippen molar-refractivity contribution in [3.05, 3.63) is 93.9 Å². The van der Waals surface area contributed by atoms with Crippen molar-refractivity contribution in [3.8, 4) is 5.75 Å². The number of hydrogen-bond acceptors (Lipinski definition) is 5. The molecule has 3 aromatic carbocycles. The van der Waals surface area contributed by atoms with E-state index in [0.717, 1.165) is 16.8 Å². The zero-order valence-electron chi connectivity index (χ0n) is 17.6. The maximum Gasteiger partial charge on any atom is 0.270 e. The lowest BCUT2D eigenvalue weighted by Gasteiger charge is -2.14. The van der Waals surface area contributed by atoms with Crippen molar-refractivity contribution in [3.63, 3.8) is 0 Å². The van der Waals surface area contributed by atoms with Crippen molar-refractivity contribution in [1.29, 1.82) is 0 Å². The number of hydrogen-bond donors (Lipinski definition) is 1. The highest BCUT2D eigenvalue weighted by Crippen LogP contribution is 2.36. The summed E-state index contributed by atoms with van der Waals surface area (Å²) < 4.78 is 6.03. The third-order valence-electron chi connectivity index (χ3n) is 4.83. The molecule has 0 unspecified atom stereocenters. The predicted molar refractivity (Wildman–Crippen MR) is 139 cm³/mol. The standard InChI is InChI=1S/C25H19ClN2O3S2/c1-16-5-2-3-8-21(16)27-23(29)15-31-20-11-9-17(10-12-20)13-22-24(30)28(25(32)33-22)19-7-4-6-18(26)14-19/h2-14H,15H2,1H3,(H,27,29)/b22-13+. The minimum Gasteiger partial charge on any atom is -0.484 e. The van der Waals surface area contributed by atoms with Gasteiger partial charge in [0, 0.05) is 10.7 Å². The topological polar surface area (TPSA) is 58.6 Å². The van der Waals surface area contributed by atoms with E-state index in [4.69, 9.17) is 28.6 Å². The van der Waals surface area contributed by atoms with Crippen molar-refractivity contribution in [1.82, 2.24) is 0 Å². The molecule has 1 aliphatic heterocycles. The second kappa shape index (κ2) is 10.2. The van der Waals surface area contributed by atoms with Crippen molar-refractivity contribution in [2.24, 2.45) is 0 Å². The second-order valence-corrected chi connectivity index (χ2v) is 9.33. The van der Waals surface area contributed by atoms with E-state index in [1.54, 1.807) is 42.5 Å². The summed E-state index contributed by atoms with van der Waals surface area (Å²) in [6.45, 7) is 1.82. The van der Waals surface area contributed by atoms with E-state index in [0.29, 0.717) is 25.7 Å². The van der Waals surface area contributed by atoms with E-state index in [9.17, 15) is 9.59 Å².